The van der Waals surface area contributed by atoms with Crippen LogP contribution in [-0.4, -0.2) is 24.7 Å². The molecule has 90 valence electrons. The summed E-state index contributed by atoms with van der Waals surface area (Å²) in [4.78, 5) is 12.9. The Balaban J connectivity index is 3.05. The van der Waals surface area contributed by atoms with Crippen LogP contribution in [0.4, 0.5) is 5.69 Å². The van der Waals surface area contributed by atoms with Gasteiger partial charge in [-0.25, -0.2) is 4.79 Å². The number of aromatic carboxylic acids is 1. The molecule has 0 aliphatic carbocycles. The lowest BCUT2D eigenvalue weighted by Crippen LogP contribution is -2.25. The van der Waals surface area contributed by atoms with Crippen molar-refractivity contribution >= 4 is 11.7 Å². The Morgan fingerprint density at radius 3 is 2.76 bits per heavy atom. The average molecular weight is 232 g/mol. The van der Waals surface area contributed by atoms with Gasteiger partial charge in [-0.3, -0.25) is 0 Å². The molecule has 4 nitrogen and oxygen atoms in total. The maximum atomic E-state index is 11.1. The number of aryl methyl sites for hydroxylation is 1. The first-order chi connectivity index (χ1) is 7.95. The van der Waals surface area contributed by atoms with Crippen LogP contribution in [-0.2, 0) is 0 Å². The van der Waals surface area contributed by atoms with Crippen molar-refractivity contribution in [2.24, 2.45) is 5.92 Å². The first-order valence-corrected chi connectivity index (χ1v) is 5.40. The molecule has 0 saturated carbocycles. The van der Waals surface area contributed by atoms with Crippen molar-refractivity contribution in [2.75, 3.05) is 18.5 Å². The summed E-state index contributed by atoms with van der Waals surface area (Å²) in [6.45, 7) is 4.18. The van der Waals surface area contributed by atoms with Gasteiger partial charge in [0.25, 0.3) is 0 Å². The van der Waals surface area contributed by atoms with Crippen molar-refractivity contribution in [1.29, 1.82) is 5.26 Å². The zero-order valence-electron chi connectivity index (χ0n) is 10.3. The summed E-state index contributed by atoms with van der Waals surface area (Å²) in [7, 11) is 1.80. The lowest BCUT2D eigenvalue weighted by Gasteiger charge is -2.22. The summed E-state index contributed by atoms with van der Waals surface area (Å²) in [6.07, 6.45) is 0. The Hall–Kier alpha value is -2.02. The fourth-order valence-electron chi connectivity index (χ4n) is 1.70. The Labute approximate surface area is 101 Å². The van der Waals surface area contributed by atoms with Gasteiger partial charge in [0.2, 0.25) is 0 Å². The molecular weight excluding hydrogens is 216 g/mol. The number of hydrogen-bond acceptors (Lipinski definition) is 3. The lowest BCUT2D eigenvalue weighted by atomic mass is 10.1. The van der Waals surface area contributed by atoms with Crippen LogP contribution in [0.3, 0.4) is 0 Å². The van der Waals surface area contributed by atoms with Crippen LogP contribution in [0.25, 0.3) is 0 Å². The molecule has 1 aromatic rings. The number of nitriles is 1. The highest BCUT2D eigenvalue weighted by molar-refractivity contribution is 5.94. The predicted molar refractivity (Wildman–Crippen MR) is 66.2 cm³/mol. The van der Waals surface area contributed by atoms with E-state index in [9.17, 15) is 4.79 Å². The Morgan fingerprint density at radius 1 is 1.59 bits per heavy atom. The fraction of sp³-hybridized carbons (Fsp3) is 0.385. The van der Waals surface area contributed by atoms with Crippen LogP contribution in [0, 0.1) is 24.2 Å². The molecule has 1 atom stereocenters. The normalized spacial score (nSPS) is 11.6. The summed E-state index contributed by atoms with van der Waals surface area (Å²) in [5.41, 5.74) is 1.83. The van der Waals surface area contributed by atoms with Crippen molar-refractivity contribution in [3.05, 3.63) is 29.3 Å². The minimum absolute atomic E-state index is 0.136. The molecule has 0 radical (unpaired) electrons. The first-order valence-electron chi connectivity index (χ1n) is 5.40. The van der Waals surface area contributed by atoms with E-state index in [1.165, 1.54) is 0 Å². The molecule has 17 heavy (non-hydrogen) atoms. The third-order valence-corrected chi connectivity index (χ3v) is 2.56. The number of benzene rings is 1. The molecule has 1 N–H and O–H groups in total. The third kappa shape index (κ3) is 3.22. The van der Waals surface area contributed by atoms with E-state index in [0.29, 0.717) is 12.2 Å². The van der Waals surface area contributed by atoms with E-state index in [4.69, 9.17) is 10.4 Å². The number of carboxylic acids is 1. The molecule has 4 heteroatoms. The largest absolute Gasteiger partial charge is 0.478 e. The molecule has 0 saturated heterocycles. The zero-order chi connectivity index (χ0) is 13.0. The van der Waals surface area contributed by atoms with Crippen molar-refractivity contribution in [2.45, 2.75) is 13.8 Å². The maximum Gasteiger partial charge on any atom is 0.337 e. The lowest BCUT2D eigenvalue weighted by molar-refractivity contribution is 0.0697. The number of hydrogen-bond donors (Lipinski definition) is 1. The highest BCUT2D eigenvalue weighted by Crippen LogP contribution is 2.21. The molecule has 0 aliphatic heterocycles. The van der Waals surface area contributed by atoms with Gasteiger partial charge < -0.3 is 10.0 Å². The van der Waals surface area contributed by atoms with E-state index in [-0.39, 0.29) is 11.5 Å². The van der Waals surface area contributed by atoms with Crippen LogP contribution in [0.15, 0.2) is 18.2 Å². The number of carbonyl (C=O) groups is 1. The fourth-order valence-corrected chi connectivity index (χ4v) is 1.70. The first kappa shape index (κ1) is 13.0. The van der Waals surface area contributed by atoms with E-state index in [0.717, 1.165) is 5.56 Å². The molecule has 1 unspecified atom stereocenters. The quantitative estimate of drug-likeness (QED) is 0.865. The van der Waals surface area contributed by atoms with Crippen molar-refractivity contribution in [3.8, 4) is 6.07 Å². The van der Waals surface area contributed by atoms with E-state index >= 15 is 0 Å². The maximum absolute atomic E-state index is 11.1. The van der Waals surface area contributed by atoms with Gasteiger partial charge >= 0.3 is 5.97 Å². The van der Waals surface area contributed by atoms with Gasteiger partial charge in [0.1, 0.15) is 0 Å². The molecule has 1 aromatic carbocycles. The number of nitrogens with zero attached hydrogens (tertiary/aromatic N) is 2. The Morgan fingerprint density at radius 2 is 2.24 bits per heavy atom. The number of rotatable bonds is 4. The summed E-state index contributed by atoms with van der Waals surface area (Å²) in [5, 5.41) is 17.9. The second-order valence-electron chi connectivity index (χ2n) is 4.24. The van der Waals surface area contributed by atoms with Crippen molar-refractivity contribution < 1.29 is 9.90 Å². The summed E-state index contributed by atoms with van der Waals surface area (Å²) < 4.78 is 0. The minimum atomic E-state index is -0.944. The van der Waals surface area contributed by atoms with Gasteiger partial charge in [-0.2, -0.15) is 5.26 Å². The number of carboxylic acid groups (broad SMARTS) is 1. The van der Waals surface area contributed by atoms with E-state index in [1.54, 1.807) is 24.1 Å². The van der Waals surface area contributed by atoms with Gasteiger partial charge in [0.15, 0.2) is 0 Å². The average Bonchev–Trinajstić information content (AvgIpc) is 2.28. The van der Waals surface area contributed by atoms with Crippen LogP contribution in [0.5, 0.6) is 0 Å². The molecular formula is C13H16N2O2. The minimum Gasteiger partial charge on any atom is -0.478 e. The molecule has 0 heterocycles. The van der Waals surface area contributed by atoms with E-state index in [1.807, 2.05) is 19.9 Å². The molecule has 0 aromatic heterocycles. The highest BCUT2D eigenvalue weighted by atomic mass is 16.4. The van der Waals surface area contributed by atoms with Crippen molar-refractivity contribution in [1.82, 2.24) is 0 Å². The molecule has 0 fully saturated rings. The van der Waals surface area contributed by atoms with Gasteiger partial charge in [-0.1, -0.05) is 11.6 Å². The van der Waals surface area contributed by atoms with Crippen LogP contribution >= 0.6 is 0 Å². The topological polar surface area (TPSA) is 64.3 Å². The summed E-state index contributed by atoms with van der Waals surface area (Å²) in [5.74, 6) is -1.08. The van der Waals surface area contributed by atoms with Gasteiger partial charge in [0.05, 0.1) is 23.2 Å². The third-order valence-electron chi connectivity index (χ3n) is 2.56. The Kier molecular flexibility index (Phi) is 4.11. The molecule has 0 spiro atoms. The zero-order valence-corrected chi connectivity index (χ0v) is 10.3. The van der Waals surface area contributed by atoms with Crippen LogP contribution in [0.1, 0.15) is 22.8 Å². The summed E-state index contributed by atoms with van der Waals surface area (Å²) >= 11 is 0. The van der Waals surface area contributed by atoms with Gasteiger partial charge in [-0.15, -0.1) is 0 Å². The second-order valence-corrected chi connectivity index (χ2v) is 4.24. The SMILES string of the molecule is Cc1ccc(N(C)CC(C)C#N)c(C(=O)O)c1. The smallest absolute Gasteiger partial charge is 0.337 e. The van der Waals surface area contributed by atoms with E-state index < -0.39 is 5.97 Å². The van der Waals surface area contributed by atoms with Crippen LogP contribution in [0.2, 0.25) is 0 Å². The molecule has 0 bridgehead atoms. The monoisotopic (exact) mass is 232 g/mol. The molecule has 0 amide bonds. The molecule has 1 rings (SSSR count). The van der Waals surface area contributed by atoms with Crippen molar-refractivity contribution in [3.63, 3.8) is 0 Å². The highest BCUT2D eigenvalue weighted by Gasteiger charge is 2.15. The van der Waals surface area contributed by atoms with Gasteiger partial charge in [-0.05, 0) is 26.0 Å². The Bertz CT molecular complexity index is 463. The van der Waals surface area contributed by atoms with E-state index in [2.05, 4.69) is 6.07 Å². The standard InChI is InChI=1S/C13H16N2O2/c1-9-4-5-12(11(6-9)13(16)17)15(3)8-10(2)7-14/h4-6,10H,8H2,1-3H3,(H,16,17). The summed E-state index contributed by atoms with van der Waals surface area (Å²) in [6, 6.07) is 7.43. The second kappa shape index (κ2) is 5.35. The number of anilines is 1. The predicted octanol–water partition coefficient (Wildman–Crippen LogP) is 2.29. The molecule has 0 aliphatic rings. The van der Waals surface area contributed by atoms with Crippen LogP contribution < -0.4 is 4.90 Å². The van der Waals surface area contributed by atoms with Gasteiger partial charge in [0, 0.05) is 13.6 Å².